The molecule has 2 atom stereocenters. The Bertz CT molecular complexity index is 271. The number of rotatable bonds is 6. The quantitative estimate of drug-likeness (QED) is 0.729. The van der Waals surface area contributed by atoms with Gasteiger partial charge in [-0.15, -0.1) is 0 Å². The van der Waals surface area contributed by atoms with Gasteiger partial charge in [-0.05, 0) is 38.0 Å². The third-order valence-electron chi connectivity index (χ3n) is 4.30. The van der Waals surface area contributed by atoms with E-state index in [1.807, 2.05) is 11.9 Å². The molecule has 0 radical (unpaired) electrons. The Balaban J connectivity index is 1.70. The molecule has 2 heterocycles. The number of methoxy groups -OCH3 is 1. The van der Waals surface area contributed by atoms with E-state index < -0.39 is 0 Å². The fourth-order valence-corrected chi connectivity index (χ4v) is 3.32. The second-order valence-corrected chi connectivity index (χ2v) is 5.84. The van der Waals surface area contributed by atoms with Crippen LogP contribution in [-0.4, -0.2) is 50.2 Å². The van der Waals surface area contributed by atoms with Crippen molar-refractivity contribution in [3.05, 3.63) is 0 Å². The van der Waals surface area contributed by atoms with Crippen LogP contribution >= 0.6 is 0 Å². The molecule has 104 valence electrons. The Morgan fingerprint density at radius 2 is 2.00 bits per heavy atom. The second kappa shape index (κ2) is 6.53. The highest BCUT2D eigenvalue weighted by Crippen LogP contribution is 2.32. The van der Waals surface area contributed by atoms with Gasteiger partial charge in [0.05, 0.1) is 0 Å². The highest BCUT2D eigenvalue weighted by atomic mass is 16.5. The number of piperidine rings is 1. The van der Waals surface area contributed by atoms with Gasteiger partial charge < -0.3 is 15.0 Å². The van der Waals surface area contributed by atoms with Gasteiger partial charge in [0.1, 0.15) is 0 Å². The first-order chi connectivity index (χ1) is 8.69. The number of carbonyl (C=O) groups excluding carboxylic acids is 1. The lowest BCUT2D eigenvalue weighted by Gasteiger charge is -2.30. The van der Waals surface area contributed by atoms with E-state index in [-0.39, 0.29) is 0 Å². The number of amides is 1. The molecule has 2 saturated heterocycles. The fourth-order valence-electron chi connectivity index (χ4n) is 3.32. The molecule has 2 aliphatic rings. The summed E-state index contributed by atoms with van der Waals surface area (Å²) in [5.41, 5.74) is 0. The van der Waals surface area contributed by atoms with Crippen molar-refractivity contribution in [2.45, 2.75) is 50.6 Å². The van der Waals surface area contributed by atoms with Crippen molar-refractivity contribution in [1.29, 1.82) is 0 Å². The standard InChI is InChI=1S/C14H26N2O2/c1-16(6-3-7-18-2)14(17)10-11-8-12-4-5-13(9-11)15-12/h11-13,15H,3-10H2,1-2H3. The van der Waals surface area contributed by atoms with Crippen molar-refractivity contribution in [3.63, 3.8) is 0 Å². The molecule has 4 heteroatoms. The van der Waals surface area contributed by atoms with Gasteiger partial charge in [0.2, 0.25) is 5.91 Å². The van der Waals surface area contributed by atoms with Crippen LogP contribution in [0, 0.1) is 5.92 Å². The topological polar surface area (TPSA) is 41.6 Å². The van der Waals surface area contributed by atoms with Gasteiger partial charge in [0, 0.05) is 45.8 Å². The summed E-state index contributed by atoms with van der Waals surface area (Å²) < 4.78 is 5.01. The summed E-state index contributed by atoms with van der Waals surface area (Å²) in [6, 6.07) is 1.36. The SMILES string of the molecule is COCCCN(C)C(=O)CC1CC2CCC(C1)N2. The Labute approximate surface area is 110 Å². The molecule has 2 bridgehead atoms. The van der Waals surface area contributed by atoms with Crippen LogP contribution < -0.4 is 5.32 Å². The molecule has 0 saturated carbocycles. The van der Waals surface area contributed by atoms with Crippen molar-refractivity contribution in [2.24, 2.45) is 5.92 Å². The Morgan fingerprint density at radius 3 is 2.61 bits per heavy atom. The van der Waals surface area contributed by atoms with Crippen molar-refractivity contribution in [2.75, 3.05) is 27.3 Å². The van der Waals surface area contributed by atoms with Gasteiger partial charge in [-0.2, -0.15) is 0 Å². The lowest BCUT2D eigenvalue weighted by Crippen LogP contribution is -2.40. The minimum atomic E-state index is 0.303. The largest absolute Gasteiger partial charge is 0.385 e. The molecule has 0 aromatic rings. The molecule has 4 nitrogen and oxygen atoms in total. The summed E-state index contributed by atoms with van der Waals surface area (Å²) in [5, 5.41) is 3.62. The van der Waals surface area contributed by atoms with Crippen LogP contribution in [0.1, 0.15) is 38.5 Å². The second-order valence-electron chi connectivity index (χ2n) is 5.84. The lowest BCUT2D eigenvalue weighted by atomic mass is 9.89. The predicted molar refractivity (Wildman–Crippen MR) is 71.4 cm³/mol. The molecule has 2 rings (SSSR count). The first-order valence-corrected chi connectivity index (χ1v) is 7.18. The third-order valence-corrected chi connectivity index (χ3v) is 4.30. The molecule has 0 aliphatic carbocycles. The monoisotopic (exact) mass is 254 g/mol. The van der Waals surface area contributed by atoms with E-state index in [1.54, 1.807) is 7.11 Å². The summed E-state index contributed by atoms with van der Waals surface area (Å²) >= 11 is 0. The number of hydrogen-bond donors (Lipinski definition) is 1. The van der Waals surface area contributed by atoms with Crippen molar-refractivity contribution in [3.8, 4) is 0 Å². The minimum Gasteiger partial charge on any atom is -0.385 e. The number of hydrogen-bond acceptors (Lipinski definition) is 3. The molecule has 0 aromatic heterocycles. The number of ether oxygens (including phenoxy) is 1. The van der Waals surface area contributed by atoms with E-state index in [0.717, 1.165) is 26.0 Å². The van der Waals surface area contributed by atoms with Crippen LogP contribution in [0.4, 0.5) is 0 Å². The molecule has 2 aliphatic heterocycles. The van der Waals surface area contributed by atoms with Gasteiger partial charge in [0.15, 0.2) is 0 Å². The van der Waals surface area contributed by atoms with Crippen molar-refractivity contribution >= 4 is 5.91 Å². The zero-order valence-corrected chi connectivity index (χ0v) is 11.7. The Kier molecular flexibility index (Phi) is 5.01. The zero-order chi connectivity index (χ0) is 13.0. The average molecular weight is 254 g/mol. The average Bonchev–Trinajstić information content (AvgIpc) is 2.69. The molecule has 18 heavy (non-hydrogen) atoms. The first kappa shape index (κ1) is 13.8. The van der Waals surface area contributed by atoms with E-state index in [9.17, 15) is 4.79 Å². The summed E-state index contributed by atoms with van der Waals surface area (Å²) in [6.45, 7) is 1.54. The zero-order valence-electron chi connectivity index (χ0n) is 11.7. The summed E-state index contributed by atoms with van der Waals surface area (Å²) in [5.74, 6) is 0.901. The number of nitrogens with one attached hydrogen (secondary N) is 1. The van der Waals surface area contributed by atoms with E-state index in [1.165, 1.54) is 25.7 Å². The normalized spacial score (nSPS) is 30.4. The number of fused-ring (bicyclic) bond motifs is 2. The maximum atomic E-state index is 12.1. The lowest BCUT2D eigenvalue weighted by molar-refractivity contribution is -0.131. The van der Waals surface area contributed by atoms with Gasteiger partial charge in [-0.25, -0.2) is 0 Å². The van der Waals surface area contributed by atoms with Crippen LogP contribution in [0.15, 0.2) is 0 Å². The van der Waals surface area contributed by atoms with E-state index in [2.05, 4.69) is 5.32 Å². The van der Waals surface area contributed by atoms with Crippen LogP contribution in [0.3, 0.4) is 0 Å². The van der Waals surface area contributed by atoms with E-state index in [0.29, 0.717) is 23.9 Å². The number of carbonyl (C=O) groups is 1. The van der Waals surface area contributed by atoms with Gasteiger partial charge in [-0.3, -0.25) is 4.79 Å². The minimum absolute atomic E-state index is 0.303. The molecule has 1 amide bonds. The predicted octanol–water partition coefficient (Wildman–Crippen LogP) is 1.40. The smallest absolute Gasteiger partial charge is 0.222 e. The highest BCUT2D eigenvalue weighted by Gasteiger charge is 2.34. The maximum Gasteiger partial charge on any atom is 0.222 e. The molecular formula is C14H26N2O2. The molecule has 2 unspecified atom stereocenters. The van der Waals surface area contributed by atoms with E-state index in [4.69, 9.17) is 4.74 Å². The van der Waals surface area contributed by atoms with Crippen LogP contribution in [0.25, 0.3) is 0 Å². The van der Waals surface area contributed by atoms with Gasteiger partial charge >= 0.3 is 0 Å². The Morgan fingerprint density at radius 1 is 1.33 bits per heavy atom. The van der Waals surface area contributed by atoms with Gasteiger partial charge in [0.25, 0.3) is 0 Å². The summed E-state index contributed by atoms with van der Waals surface area (Å²) in [6.07, 6.45) is 6.65. The van der Waals surface area contributed by atoms with Crippen LogP contribution in [0.5, 0.6) is 0 Å². The third kappa shape index (κ3) is 3.69. The van der Waals surface area contributed by atoms with Crippen molar-refractivity contribution in [1.82, 2.24) is 10.2 Å². The molecule has 0 spiro atoms. The molecule has 2 fully saturated rings. The van der Waals surface area contributed by atoms with Crippen LogP contribution in [0.2, 0.25) is 0 Å². The highest BCUT2D eigenvalue weighted by molar-refractivity contribution is 5.76. The summed E-state index contributed by atoms with van der Waals surface area (Å²) in [4.78, 5) is 14.0. The number of nitrogens with zero attached hydrogens (tertiary/aromatic N) is 1. The maximum absolute atomic E-state index is 12.1. The summed E-state index contributed by atoms with van der Waals surface area (Å²) in [7, 11) is 3.61. The van der Waals surface area contributed by atoms with Crippen LogP contribution in [-0.2, 0) is 9.53 Å². The van der Waals surface area contributed by atoms with Gasteiger partial charge in [-0.1, -0.05) is 0 Å². The Hall–Kier alpha value is -0.610. The molecule has 0 aromatic carbocycles. The first-order valence-electron chi connectivity index (χ1n) is 7.18. The van der Waals surface area contributed by atoms with E-state index >= 15 is 0 Å². The fraction of sp³-hybridized carbons (Fsp3) is 0.929. The molecular weight excluding hydrogens is 228 g/mol. The van der Waals surface area contributed by atoms with Crippen molar-refractivity contribution < 1.29 is 9.53 Å². The molecule has 1 N–H and O–H groups in total.